The van der Waals surface area contributed by atoms with Crippen molar-refractivity contribution in [2.45, 2.75) is 18.4 Å². The van der Waals surface area contributed by atoms with Crippen molar-refractivity contribution in [1.29, 1.82) is 0 Å². The Balaban J connectivity index is 1.93. The van der Waals surface area contributed by atoms with Crippen LogP contribution in [-0.4, -0.2) is 64.9 Å². The summed E-state index contributed by atoms with van der Waals surface area (Å²) in [4.78, 5) is 39.5. The molecule has 0 aromatic carbocycles. The predicted molar refractivity (Wildman–Crippen MR) is 81.0 cm³/mol. The number of nitrogens with two attached hydrogens (primary N) is 1. The van der Waals surface area contributed by atoms with Crippen molar-refractivity contribution in [3.8, 4) is 0 Å². The van der Waals surface area contributed by atoms with E-state index in [-0.39, 0.29) is 17.1 Å². The molecule has 0 bridgehead atoms. The Morgan fingerprint density at radius 1 is 1.48 bits per heavy atom. The van der Waals surface area contributed by atoms with Crippen molar-refractivity contribution in [2.24, 2.45) is 5.92 Å². The third-order valence-electron chi connectivity index (χ3n) is 3.87. The zero-order chi connectivity index (χ0) is 18.4. The molecule has 1 saturated heterocycles. The van der Waals surface area contributed by atoms with Gasteiger partial charge in [0.25, 0.3) is 5.56 Å². The molecule has 0 saturated carbocycles. The van der Waals surface area contributed by atoms with Crippen LogP contribution in [0.5, 0.6) is 0 Å². The number of nitrogens with zero attached hydrogens (tertiary/aromatic N) is 3. The molecule has 2 aromatic rings. The van der Waals surface area contributed by atoms with Crippen LogP contribution in [0.15, 0.2) is 11.1 Å². The summed E-state index contributed by atoms with van der Waals surface area (Å²) in [7, 11) is -4.74. The van der Waals surface area contributed by atoms with E-state index in [0.29, 0.717) is 0 Å². The number of hydrogen-bond acceptors (Lipinski definition) is 9. The van der Waals surface area contributed by atoms with E-state index in [9.17, 15) is 19.6 Å². The van der Waals surface area contributed by atoms with Crippen LogP contribution in [0.25, 0.3) is 11.2 Å². The fourth-order valence-corrected chi connectivity index (χ4v) is 3.05. The first-order valence-corrected chi connectivity index (χ1v) is 8.61. The Hall–Kier alpha value is -1.86. The van der Waals surface area contributed by atoms with Crippen LogP contribution in [0, 0.1) is 5.92 Å². The van der Waals surface area contributed by atoms with Crippen LogP contribution >= 0.6 is 7.82 Å². The molecule has 1 aliphatic heterocycles. The standard InChI is InChI=1S/C11H16N5O8P/c12-11-14-8-6(9(19)15-11)13-3-16(8)10-7(18)4(1-17)5(24-10)2-23-25(20,21)22/h3-5,7,10,17-18H,1-2H2,(H2,20,21,22)(H3,12,14,15,19)/t4-,5-,7-,10-/m1/s1. The number of nitrogen functional groups attached to an aromatic ring is 1. The van der Waals surface area contributed by atoms with Crippen molar-refractivity contribution < 1.29 is 33.8 Å². The minimum Gasteiger partial charge on any atom is -0.396 e. The fraction of sp³-hybridized carbons (Fsp3) is 0.545. The molecule has 2 aromatic heterocycles. The van der Waals surface area contributed by atoms with Gasteiger partial charge in [-0.1, -0.05) is 0 Å². The molecule has 0 aliphatic carbocycles. The fourth-order valence-electron chi connectivity index (χ4n) is 2.71. The monoisotopic (exact) mass is 377 g/mol. The maximum Gasteiger partial charge on any atom is 0.469 e. The Labute approximate surface area is 139 Å². The lowest BCUT2D eigenvalue weighted by molar-refractivity contribution is -0.0490. The summed E-state index contributed by atoms with van der Waals surface area (Å²) in [5.74, 6) is -1.04. The second kappa shape index (κ2) is 6.46. The third kappa shape index (κ3) is 3.43. The Morgan fingerprint density at radius 3 is 2.84 bits per heavy atom. The molecule has 3 rings (SSSR count). The average Bonchev–Trinajstić information content (AvgIpc) is 3.05. The number of aromatic nitrogens is 4. The summed E-state index contributed by atoms with van der Waals surface area (Å²) in [6.07, 6.45) is -2.17. The number of aliphatic hydroxyl groups excluding tert-OH is 2. The lowest BCUT2D eigenvalue weighted by atomic mass is 9.99. The van der Waals surface area contributed by atoms with Gasteiger partial charge < -0.3 is 30.5 Å². The van der Waals surface area contributed by atoms with Crippen molar-refractivity contribution in [3.05, 3.63) is 16.7 Å². The zero-order valence-corrected chi connectivity index (χ0v) is 13.5. The van der Waals surface area contributed by atoms with Gasteiger partial charge >= 0.3 is 7.82 Å². The van der Waals surface area contributed by atoms with Crippen LogP contribution in [0.4, 0.5) is 5.95 Å². The van der Waals surface area contributed by atoms with Gasteiger partial charge in [0.15, 0.2) is 17.4 Å². The van der Waals surface area contributed by atoms with Gasteiger partial charge in [0.1, 0.15) is 6.10 Å². The van der Waals surface area contributed by atoms with E-state index in [1.165, 1.54) is 10.9 Å². The highest BCUT2D eigenvalue weighted by atomic mass is 31.2. The first kappa shape index (κ1) is 17.9. The predicted octanol–water partition coefficient (Wildman–Crippen LogP) is -2.32. The van der Waals surface area contributed by atoms with Gasteiger partial charge in [-0.15, -0.1) is 0 Å². The number of aromatic amines is 1. The maximum absolute atomic E-state index is 11.8. The summed E-state index contributed by atoms with van der Waals surface area (Å²) in [6.45, 7) is -1.07. The van der Waals surface area contributed by atoms with Crippen molar-refractivity contribution in [1.82, 2.24) is 19.5 Å². The van der Waals surface area contributed by atoms with Gasteiger partial charge in [-0.3, -0.25) is 18.9 Å². The van der Waals surface area contributed by atoms with Crippen LogP contribution in [0.2, 0.25) is 0 Å². The van der Waals surface area contributed by atoms with Gasteiger partial charge in [-0.2, -0.15) is 4.98 Å². The van der Waals surface area contributed by atoms with Gasteiger partial charge in [-0.05, 0) is 0 Å². The number of anilines is 1. The zero-order valence-electron chi connectivity index (χ0n) is 12.6. The number of phosphoric ester groups is 1. The number of imidazole rings is 1. The summed E-state index contributed by atoms with van der Waals surface area (Å²) < 4.78 is 22.0. The van der Waals surface area contributed by atoms with Gasteiger partial charge in [0.2, 0.25) is 5.95 Å². The largest absolute Gasteiger partial charge is 0.469 e. The molecule has 7 N–H and O–H groups in total. The number of nitrogens with one attached hydrogen (secondary N) is 1. The molecule has 4 atom stereocenters. The average molecular weight is 377 g/mol. The molecule has 0 radical (unpaired) electrons. The van der Waals surface area contributed by atoms with Crippen molar-refractivity contribution >= 4 is 24.9 Å². The molecule has 13 nitrogen and oxygen atoms in total. The summed E-state index contributed by atoms with van der Waals surface area (Å²) in [6, 6.07) is 0. The van der Waals surface area contributed by atoms with Crippen LogP contribution in [-0.2, 0) is 13.8 Å². The van der Waals surface area contributed by atoms with Gasteiger partial charge in [-0.25, -0.2) is 9.55 Å². The summed E-state index contributed by atoms with van der Waals surface area (Å²) in [5.41, 5.74) is 4.96. The highest BCUT2D eigenvalue weighted by molar-refractivity contribution is 7.46. The number of hydrogen-bond donors (Lipinski definition) is 6. The van der Waals surface area contributed by atoms with E-state index in [4.69, 9.17) is 20.3 Å². The Bertz CT molecular complexity index is 877. The summed E-state index contributed by atoms with van der Waals surface area (Å²) in [5, 5.41) is 19.8. The van der Waals surface area contributed by atoms with E-state index in [1.54, 1.807) is 0 Å². The van der Waals surface area contributed by atoms with Gasteiger partial charge in [0, 0.05) is 5.92 Å². The lowest BCUT2D eigenvalue weighted by Gasteiger charge is -2.17. The molecule has 25 heavy (non-hydrogen) atoms. The topological polar surface area (TPSA) is 206 Å². The third-order valence-corrected chi connectivity index (χ3v) is 4.35. The van der Waals surface area contributed by atoms with Crippen molar-refractivity contribution in [2.75, 3.05) is 18.9 Å². The van der Waals surface area contributed by atoms with E-state index >= 15 is 0 Å². The quantitative estimate of drug-likeness (QED) is 0.305. The van der Waals surface area contributed by atoms with Crippen LogP contribution in [0.1, 0.15) is 6.23 Å². The van der Waals surface area contributed by atoms with E-state index < -0.39 is 50.9 Å². The van der Waals surface area contributed by atoms with E-state index in [0.717, 1.165) is 0 Å². The molecule has 0 unspecified atom stereocenters. The lowest BCUT2D eigenvalue weighted by Crippen LogP contribution is -2.31. The molecule has 0 spiro atoms. The minimum atomic E-state index is -4.74. The van der Waals surface area contributed by atoms with E-state index in [2.05, 4.69) is 19.5 Å². The number of phosphoric acid groups is 1. The maximum atomic E-state index is 11.8. The molecular formula is C11H16N5O8P. The Morgan fingerprint density at radius 2 is 2.20 bits per heavy atom. The minimum absolute atomic E-state index is 0.0273. The highest BCUT2D eigenvalue weighted by Gasteiger charge is 2.45. The number of H-pyrrole nitrogens is 1. The first-order valence-electron chi connectivity index (χ1n) is 7.08. The second-order valence-electron chi connectivity index (χ2n) is 5.46. The number of fused-ring (bicyclic) bond motifs is 1. The molecule has 1 fully saturated rings. The summed E-state index contributed by atoms with van der Waals surface area (Å²) >= 11 is 0. The smallest absolute Gasteiger partial charge is 0.396 e. The number of aliphatic hydroxyl groups is 2. The van der Waals surface area contributed by atoms with Gasteiger partial charge in [0.05, 0.1) is 25.6 Å². The molecule has 3 heterocycles. The molecule has 1 aliphatic rings. The number of rotatable bonds is 5. The van der Waals surface area contributed by atoms with Crippen LogP contribution < -0.4 is 11.3 Å². The SMILES string of the molecule is Nc1nc2c(ncn2[C@@H]2O[C@H](COP(=O)(O)O)[C@@H](CO)[C@H]2O)c(=O)[nH]1. The number of ether oxygens (including phenoxy) is 1. The first-order chi connectivity index (χ1) is 11.7. The molecule has 138 valence electrons. The highest BCUT2D eigenvalue weighted by Crippen LogP contribution is 2.40. The molecule has 14 heteroatoms. The molecule has 0 amide bonds. The van der Waals surface area contributed by atoms with Crippen LogP contribution in [0.3, 0.4) is 0 Å². The Kier molecular flexibility index (Phi) is 4.64. The normalized spacial score (nSPS) is 27.2. The second-order valence-corrected chi connectivity index (χ2v) is 6.70. The van der Waals surface area contributed by atoms with Crippen molar-refractivity contribution in [3.63, 3.8) is 0 Å². The van der Waals surface area contributed by atoms with E-state index in [1.807, 2.05) is 0 Å². The molecular weight excluding hydrogens is 361 g/mol.